The van der Waals surface area contributed by atoms with Crippen molar-refractivity contribution >= 4 is 73.7 Å². The number of carboxylic acid groups (broad SMARTS) is 1. The van der Waals surface area contributed by atoms with E-state index in [0.29, 0.717) is 15.7 Å². The number of hydrogen-bond acceptors (Lipinski definition) is 8. The van der Waals surface area contributed by atoms with E-state index in [9.17, 15) is 19.5 Å². The average molecular weight is 527 g/mol. The van der Waals surface area contributed by atoms with E-state index in [-0.39, 0.29) is 35.7 Å². The lowest BCUT2D eigenvalue weighted by molar-refractivity contribution is -0.146. The summed E-state index contributed by atoms with van der Waals surface area (Å²) in [6.07, 6.45) is 0.275. The molecule has 4 N–H and O–H groups in total. The summed E-state index contributed by atoms with van der Waals surface area (Å²) in [5.41, 5.74) is 6.09. The maximum atomic E-state index is 12.6. The predicted octanol–water partition coefficient (Wildman–Crippen LogP) is 2.87. The molecular weight excluding hydrogens is 512 g/mol. The second kappa shape index (κ2) is 8.61. The van der Waals surface area contributed by atoms with Gasteiger partial charge in [-0.2, -0.15) is 0 Å². The van der Waals surface area contributed by atoms with Gasteiger partial charge in [-0.05, 0) is 28.1 Å². The molecule has 1 saturated heterocycles. The maximum absolute atomic E-state index is 12.6. The zero-order valence-corrected chi connectivity index (χ0v) is 19.2. The largest absolute Gasteiger partial charge is 0.477 e. The van der Waals surface area contributed by atoms with Gasteiger partial charge in [-0.15, -0.1) is 23.1 Å². The molecule has 0 bridgehead atoms. The minimum absolute atomic E-state index is 0.0352. The molecular formula is C18H15BrN4O4S3. The molecule has 1 unspecified atom stereocenters. The molecule has 4 rings (SSSR count). The first-order chi connectivity index (χ1) is 14.3. The Morgan fingerprint density at radius 3 is 2.80 bits per heavy atom. The topological polar surface area (TPSA) is 126 Å². The van der Waals surface area contributed by atoms with E-state index in [2.05, 4.69) is 26.2 Å². The van der Waals surface area contributed by atoms with Crippen LogP contribution in [-0.4, -0.2) is 43.5 Å². The Hall–Kier alpha value is -2.02. The molecule has 2 atom stereocenters. The van der Waals surface area contributed by atoms with Crippen LogP contribution in [0.2, 0.25) is 0 Å². The Kier molecular flexibility index (Phi) is 6.09. The van der Waals surface area contributed by atoms with Crippen molar-refractivity contribution < 1.29 is 19.5 Å². The standard InChI is InChI=1S/C18H15BrN4O4S3/c19-9-3-1-2-4-10(9)29-15-14(17(26)27)23-12(25)6-13(23)30-16(15)22-11(24)5-8-7-28-18(20)21-8/h1-4,7,13,16H,5-6H2,(H2,20,21)(H,22,24)(H,26,27)/t13-,16?/m1/s1. The third kappa shape index (κ3) is 4.22. The van der Waals surface area contributed by atoms with Crippen LogP contribution in [0, 0.1) is 0 Å². The Bertz CT molecular complexity index is 1070. The fourth-order valence-electron chi connectivity index (χ4n) is 3.05. The summed E-state index contributed by atoms with van der Waals surface area (Å²) in [6.45, 7) is 0. The van der Waals surface area contributed by atoms with Crippen molar-refractivity contribution in [2.24, 2.45) is 0 Å². The number of fused-ring (bicyclic) bond motifs is 1. The number of nitrogens with two attached hydrogens (primary N) is 1. The molecule has 0 spiro atoms. The van der Waals surface area contributed by atoms with Crippen LogP contribution in [0.4, 0.5) is 5.13 Å². The van der Waals surface area contributed by atoms with Crippen LogP contribution in [0.15, 0.2) is 49.6 Å². The number of rotatable bonds is 6. The van der Waals surface area contributed by atoms with E-state index in [1.54, 1.807) is 5.38 Å². The molecule has 1 fully saturated rings. The van der Waals surface area contributed by atoms with Crippen LogP contribution >= 0.6 is 50.8 Å². The van der Waals surface area contributed by atoms with Gasteiger partial charge >= 0.3 is 5.97 Å². The number of thioether (sulfide) groups is 2. The molecule has 12 heteroatoms. The van der Waals surface area contributed by atoms with Gasteiger partial charge in [0.25, 0.3) is 0 Å². The van der Waals surface area contributed by atoms with Gasteiger partial charge in [0.15, 0.2) is 5.13 Å². The fraction of sp³-hybridized carbons (Fsp3) is 0.222. The van der Waals surface area contributed by atoms with Crippen molar-refractivity contribution in [3.8, 4) is 0 Å². The molecule has 2 aliphatic rings. The van der Waals surface area contributed by atoms with Gasteiger partial charge in [0.2, 0.25) is 11.8 Å². The Morgan fingerprint density at radius 1 is 1.40 bits per heavy atom. The lowest BCUT2D eigenvalue weighted by Crippen LogP contribution is -2.57. The third-order valence-electron chi connectivity index (χ3n) is 4.37. The second-order valence-corrected chi connectivity index (χ2v) is 10.5. The molecule has 1 aromatic heterocycles. The number of aromatic nitrogens is 1. The number of halogens is 1. The molecule has 2 aliphatic heterocycles. The molecule has 0 radical (unpaired) electrons. The number of aliphatic carboxylic acids is 1. The van der Waals surface area contributed by atoms with Crippen molar-refractivity contribution in [3.05, 3.63) is 50.4 Å². The number of amides is 2. The van der Waals surface area contributed by atoms with E-state index < -0.39 is 11.3 Å². The smallest absolute Gasteiger partial charge is 0.353 e. The number of carbonyl (C=O) groups excluding carboxylic acids is 2. The number of carboxylic acids is 1. The van der Waals surface area contributed by atoms with Gasteiger partial charge in [0, 0.05) is 14.7 Å². The summed E-state index contributed by atoms with van der Waals surface area (Å²) in [5.74, 6) is -1.74. The molecule has 2 aromatic rings. The van der Waals surface area contributed by atoms with Gasteiger partial charge in [-0.25, -0.2) is 9.78 Å². The van der Waals surface area contributed by atoms with Crippen LogP contribution in [0.3, 0.4) is 0 Å². The van der Waals surface area contributed by atoms with Crippen LogP contribution in [0.1, 0.15) is 12.1 Å². The number of nitrogens with zero attached hydrogens (tertiary/aromatic N) is 2. The molecule has 0 saturated carbocycles. The van der Waals surface area contributed by atoms with Crippen molar-refractivity contribution in [2.45, 2.75) is 28.5 Å². The third-order valence-corrected chi connectivity index (χ3v) is 8.74. The molecule has 1 aromatic carbocycles. The lowest BCUT2D eigenvalue weighted by Gasteiger charge is -2.46. The monoisotopic (exact) mass is 526 g/mol. The van der Waals surface area contributed by atoms with Gasteiger partial charge in [0.05, 0.1) is 28.8 Å². The highest BCUT2D eigenvalue weighted by molar-refractivity contribution is 9.10. The summed E-state index contributed by atoms with van der Waals surface area (Å²) in [4.78, 5) is 43.4. The Labute approximate surface area is 192 Å². The van der Waals surface area contributed by atoms with Crippen molar-refractivity contribution in [1.29, 1.82) is 0 Å². The van der Waals surface area contributed by atoms with Gasteiger partial charge in [-0.1, -0.05) is 23.9 Å². The van der Waals surface area contributed by atoms with Crippen LogP contribution in [0.5, 0.6) is 0 Å². The lowest BCUT2D eigenvalue weighted by atomic mass is 10.1. The van der Waals surface area contributed by atoms with Crippen LogP contribution in [0.25, 0.3) is 0 Å². The molecule has 0 aliphatic carbocycles. The number of nitrogens with one attached hydrogen (secondary N) is 1. The van der Waals surface area contributed by atoms with E-state index >= 15 is 0 Å². The number of nitrogen functional groups attached to an aromatic ring is 1. The number of hydrogen-bond donors (Lipinski definition) is 3. The molecule has 156 valence electrons. The summed E-state index contributed by atoms with van der Waals surface area (Å²) >= 11 is 7.29. The molecule has 2 amide bonds. The summed E-state index contributed by atoms with van der Waals surface area (Å²) in [7, 11) is 0. The normalized spacial score (nSPS) is 20.6. The number of β-lactam (4-membered cyclic amide) rings is 1. The highest BCUT2D eigenvalue weighted by Crippen LogP contribution is 2.49. The SMILES string of the molecule is Nc1nc(CC(=O)NC2S[C@@H]3CC(=O)N3C(C(=O)O)=C2Sc2ccccc2Br)cs1. The first-order valence-corrected chi connectivity index (χ1v) is 12.1. The van der Waals surface area contributed by atoms with Crippen LogP contribution in [-0.2, 0) is 20.8 Å². The summed E-state index contributed by atoms with van der Waals surface area (Å²) < 4.78 is 0.789. The summed E-state index contributed by atoms with van der Waals surface area (Å²) in [5, 5.41) is 13.9. The van der Waals surface area contributed by atoms with Crippen LogP contribution < -0.4 is 11.1 Å². The molecule has 8 nitrogen and oxygen atoms in total. The Morgan fingerprint density at radius 2 is 2.17 bits per heavy atom. The predicted molar refractivity (Wildman–Crippen MR) is 120 cm³/mol. The second-order valence-electron chi connectivity index (χ2n) is 6.41. The minimum atomic E-state index is -1.20. The van der Waals surface area contributed by atoms with Crippen molar-refractivity contribution in [3.63, 3.8) is 0 Å². The van der Waals surface area contributed by atoms with Gasteiger partial charge in [-0.3, -0.25) is 14.5 Å². The van der Waals surface area contributed by atoms with E-state index in [0.717, 1.165) is 9.37 Å². The molecule has 3 heterocycles. The zero-order chi connectivity index (χ0) is 21.4. The quantitative estimate of drug-likeness (QED) is 0.490. The van der Waals surface area contributed by atoms with E-state index in [1.165, 1.54) is 39.8 Å². The number of benzene rings is 1. The highest BCUT2D eigenvalue weighted by atomic mass is 79.9. The highest BCUT2D eigenvalue weighted by Gasteiger charge is 2.49. The first-order valence-electron chi connectivity index (χ1n) is 8.70. The molecule has 30 heavy (non-hydrogen) atoms. The first kappa shape index (κ1) is 21.2. The average Bonchev–Trinajstić information content (AvgIpc) is 3.08. The van der Waals surface area contributed by atoms with Crippen molar-refractivity contribution in [2.75, 3.05) is 5.73 Å². The van der Waals surface area contributed by atoms with Crippen molar-refractivity contribution in [1.82, 2.24) is 15.2 Å². The fourth-order valence-corrected chi connectivity index (χ4v) is 6.78. The number of anilines is 1. The van der Waals surface area contributed by atoms with Gasteiger partial charge in [0.1, 0.15) is 11.1 Å². The number of carbonyl (C=O) groups is 3. The minimum Gasteiger partial charge on any atom is -0.477 e. The number of thiazole rings is 1. The summed E-state index contributed by atoms with van der Waals surface area (Å²) in [6, 6.07) is 7.37. The zero-order valence-electron chi connectivity index (χ0n) is 15.2. The Balaban J connectivity index is 1.65. The van der Waals surface area contributed by atoms with E-state index in [1.807, 2.05) is 24.3 Å². The van der Waals surface area contributed by atoms with E-state index in [4.69, 9.17) is 5.73 Å². The van der Waals surface area contributed by atoms with Gasteiger partial charge < -0.3 is 16.2 Å². The maximum Gasteiger partial charge on any atom is 0.353 e.